The van der Waals surface area contributed by atoms with E-state index in [9.17, 15) is 0 Å². The van der Waals surface area contributed by atoms with Crippen molar-refractivity contribution in [2.45, 2.75) is 13.1 Å². The first-order valence-electron chi connectivity index (χ1n) is 7.24. The number of hydrogen-bond donors (Lipinski definition) is 2. The van der Waals surface area contributed by atoms with Crippen LogP contribution in [0.25, 0.3) is 5.65 Å². The van der Waals surface area contributed by atoms with E-state index in [1.165, 1.54) is 5.56 Å². The summed E-state index contributed by atoms with van der Waals surface area (Å²) in [4.78, 5) is 4.23. The van der Waals surface area contributed by atoms with E-state index >= 15 is 0 Å². The fourth-order valence-electron chi connectivity index (χ4n) is 2.18. The average molecular weight is 373 g/mol. The number of halogens is 1. The second-order valence-corrected chi connectivity index (χ2v) is 5.87. The molecule has 118 valence electrons. The molecule has 0 unspecified atom stereocenters. The van der Waals surface area contributed by atoms with Crippen LogP contribution in [0.3, 0.4) is 0 Å². The molecule has 2 heterocycles. The number of fused-ring (bicyclic) bond motifs is 1. The van der Waals surface area contributed by atoms with Crippen molar-refractivity contribution in [1.29, 1.82) is 0 Å². The van der Waals surface area contributed by atoms with Gasteiger partial charge in [0.05, 0.1) is 6.54 Å². The molecule has 0 aliphatic carbocycles. The van der Waals surface area contributed by atoms with E-state index in [1.54, 1.807) is 7.05 Å². The highest BCUT2D eigenvalue weighted by molar-refractivity contribution is 9.10. The predicted molar refractivity (Wildman–Crippen MR) is 94.2 cm³/mol. The number of nitrogens with zero attached hydrogens (tertiary/aromatic N) is 4. The van der Waals surface area contributed by atoms with Crippen LogP contribution >= 0.6 is 15.9 Å². The third-order valence-corrected chi connectivity index (χ3v) is 3.92. The van der Waals surface area contributed by atoms with Gasteiger partial charge >= 0.3 is 0 Å². The summed E-state index contributed by atoms with van der Waals surface area (Å²) in [5.74, 6) is 1.56. The van der Waals surface area contributed by atoms with Crippen molar-refractivity contribution < 1.29 is 0 Å². The first-order chi connectivity index (χ1) is 11.3. The third kappa shape index (κ3) is 3.87. The van der Waals surface area contributed by atoms with Gasteiger partial charge in [-0.2, -0.15) is 0 Å². The number of aromatic nitrogens is 3. The van der Waals surface area contributed by atoms with E-state index in [4.69, 9.17) is 0 Å². The number of pyridine rings is 1. The zero-order valence-electron chi connectivity index (χ0n) is 12.7. The molecule has 0 fully saturated rings. The lowest BCUT2D eigenvalue weighted by atomic mass is 10.2. The fraction of sp³-hybridized carbons (Fsp3) is 0.188. The molecule has 0 radical (unpaired) electrons. The van der Waals surface area contributed by atoms with Gasteiger partial charge in [-0.25, -0.2) is 0 Å². The number of rotatable bonds is 4. The zero-order chi connectivity index (χ0) is 16.1. The highest BCUT2D eigenvalue weighted by atomic mass is 79.9. The van der Waals surface area contributed by atoms with Crippen LogP contribution in [0.5, 0.6) is 0 Å². The van der Waals surface area contributed by atoms with E-state index in [2.05, 4.69) is 53.9 Å². The molecule has 0 amide bonds. The Morgan fingerprint density at radius 2 is 1.87 bits per heavy atom. The maximum absolute atomic E-state index is 4.23. The average Bonchev–Trinajstić information content (AvgIpc) is 3.00. The Labute approximate surface area is 142 Å². The lowest BCUT2D eigenvalue weighted by Crippen LogP contribution is -2.36. The standard InChI is InChI=1S/C16H17BrN6/c1-18-16(19-10-12-5-7-13(17)8-6-12)20-11-15-22-21-14-4-2-3-9-23(14)15/h2-9H,10-11H2,1H3,(H2,18,19,20). The molecule has 3 aromatic rings. The minimum absolute atomic E-state index is 0.547. The summed E-state index contributed by atoms with van der Waals surface area (Å²) >= 11 is 3.43. The van der Waals surface area contributed by atoms with E-state index in [0.29, 0.717) is 13.1 Å². The van der Waals surface area contributed by atoms with Crippen molar-refractivity contribution in [3.63, 3.8) is 0 Å². The summed E-state index contributed by atoms with van der Waals surface area (Å²) < 4.78 is 3.03. The molecule has 7 heteroatoms. The maximum Gasteiger partial charge on any atom is 0.191 e. The predicted octanol–water partition coefficient (Wildman–Crippen LogP) is 2.36. The molecule has 0 aliphatic rings. The Hall–Kier alpha value is -2.41. The quantitative estimate of drug-likeness (QED) is 0.544. The molecule has 23 heavy (non-hydrogen) atoms. The van der Waals surface area contributed by atoms with Crippen molar-refractivity contribution in [1.82, 2.24) is 25.2 Å². The van der Waals surface area contributed by atoms with Crippen LogP contribution in [0, 0.1) is 0 Å². The van der Waals surface area contributed by atoms with Crippen LogP contribution in [0.2, 0.25) is 0 Å². The zero-order valence-corrected chi connectivity index (χ0v) is 14.3. The highest BCUT2D eigenvalue weighted by Crippen LogP contribution is 2.10. The summed E-state index contributed by atoms with van der Waals surface area (Å²) in [7, 11) is 1.75. The second kappa shape index (κ2) is 7.23. The number of benzene rings is 1. The number of nitrogens with one attached hydrogen (secondary N) is 2. The van der Waals surface area contributed by atoms with Crippen LogP contribution in [0.1, 0.15) is 11.4 Å². The number of aliphatic imine (C=N–C) groups is 1. The molecular weight excluding hydrogens is 356 g/mol. The van der Waals surface area contributed by atoms with Crippen molar-refractivity contribution >= 4 is 27.5 Å². The molecule has 6 nitrogen and oxygen atoms in total. The summed E-state index contributed by atoms with van der Waals surface area (Å²) in [6.07, 6.45) is 1.95. The first-order valence-corrected chi connectivity index (χ1v) is 8.03. The van der Waals surface area contributed by atoms with E-state index in [0.717, 1.165) is 21.9 Å². The van der Waals surface area contributed by atoms with Crippen molar-refractivity contribution in [2.75, 3.05) is 7.05 Å². The van der Waals surface area contributed by atoms with Crippen LogP contribution in [-0.2, 0) is 13.1 Å². The largest absolute Gasteiger partial charge is 0.352 e. The van der Waals surface area contributed by atoms with E-state index in [1.807, 2.05) is 40.9 Å². The molecule has 2 aromatic heterocycles. The third-order valence-electron chi connectivity index (χ3n) is 3.40. The lowest BCUT2D eigenvalue weighted by Gasteiger charge is -2.11. The normalized spacial score (nSPS) is 11.7. The van der Waals surface area contributed by atoms with Crippen molar-refractivity contribution in [3.05, 3.63) is 64.5 Å². The van der Waals surface area contributed by atoms with Gasteiger partial charge in [-0.3, -0.25) is 9.39 Å². The van der Waals surface area contributed by atoms with Gasteiger partial charge in [0.1, 0.15) is 0 Å². The van der Waals surface area contributed by atoms with Gasteiger partial charge < -0.3 is 10.6 Å². The summed E-state index contributed by atoms with van der Waals surface area (Å²) in [5, 5.41) is 14.9. The van der Waals surface area contributed by atoms with Gasteiger partial charge in [0.15, 0.2) is 17.4 Å². The van der Waals surface area contributed by atoms with Crippen LogP contribution in [0.15, 0.2) is 58.1 Å². The summed E-state index contributed by atoms with van der Waals surface area (Å²) in [5.41, 5.74) is 2.02. The second-order valence-electron chi connectivity index (χ2n) is 4.95. The van der Waals surface area contributed by atoms with Gasteiger partial charge in [-0.15, -0.1) is 10.2 Å². The molecule has 2 N–H and O–H groups in total. The maximum atomic E-state index is 4.23. The Morgan fingerprint density at radius 1 is 1.09 bits per heavy atom. The van der Waals surface area contributed by atoms with E-state index in [-0.39, 0.29) is 0 Å². The fourth-order valence-corrected chi connectivity index (χ4v) is 2.45. The Kier molecular flexibility index (Phi) is 4.87. The van der Waals surface area contributed by atoms with Crippen molar-refractivity contribution in [2.24, 2.45) is 4.99 Å². The lowest BCUT2D eigenvalue weighted by molar-refractivity contribution is 0.762. The monoisotopic (exact) mass is 372 g/mol. The summed E-state index contributed by atoms with van der Waals surface area (Å²) in [6.45, 7) is 1.25. The Balaban J connectivity index is 1.58. The molecule has 0 aliphatic heterocycles. The molecule has 3 rings (SSSR count). The Morgan fingerprint density at radius 3 is 2.65 bits per heavy atom. The first kappa shape index (κ1) is 15.5. The van der Waals surface area contributed by atoms with Gasteiger partial charge in [0, 0.05) is 24.3 Å². The number of hydrogen-bond acceptors (Lipinski definition) is 3. The molecule has 0 bridgehead atoms. The Bertz CT molecular complexity index is 809. The minimum Gasteiger partial charge on any atom is -0.352 e. The van der Waals surface area contributed by atoms with Crippen LogP contribution in [0.4, 0.5) is 0 Å². The molecule has 0 saturated carbocycles. The van der Waals surface area contributed by atoms with Crippen LogP contribution < -0.4 is 10.6 Å². The van der Waals surface area contributed by atoms with E-state index < -0.39 is 0 Å². The van der Waals surface area contributed by atoms with Crippen molar-refractivity contribution in [3.8, 4) is 0 Å². The SMILES string of the molecule is CN=C(NCc1ccc(Br)cc1)NCc1nnc2ccccn12. The van der Waals surface area contributed by atoms with Gasteiger partial charge in [-0.05, 0) is 29.8 Å². The molecule has 0 atom stereocenters. The van der Waals surface area contributed by atoms with Gasteiger partial charge in [0.2, 0.25) is 0 Å². The minimum atomic E-state index is 0.547. The van der Waals surface area contributed by atoms with Gasteiger partial charge in [-0.1, -0.05) is 34.1 Å². The summed E-state index contributed by atoms with van der Waals surface area (Å²) in [6, 6.07) is 14.0. The smallest absolute Gasteiger partial charge is 0.191 e. The molecule has 0 saturated heterocycles. The molecule has 1 aromatic carbocycles. The molecular formula is C16H17BrN6. The highest BCUT2D eigenvalue weighted by Gasteiger charge is 2.05. The number of guanidine groups is 1. The molecule has 0 spiro atoms. The van der Waals surface area contributed by atoms with Gasteiger partial charge in [0.25, 0.3) is 0 Å². The topological polar surface area (TPSA) is 66.6 Å². The van der Waals surface area contributed by atoms with Crippen LogP contribution in [-0.4, -0.2) is 27.6 Å².